The van der Waals surface area contributed by atoms with E-state index in [1.165, 1.54) is 19.3 Å². The molecule has 3 nitrogen and oxygen atoms in total. The Kier molecular flexibility index (Phi) is 2.42. The molecule has 0 radical (unpaired) electrons. The zero-order chi connectivity index (χ0) is 10.1. The maximum atomic E-state index is 11.6. The van der Waals surface area contributed by atoms with Crippen LogP contribution < -0.4 is 11.3 Å². The highest BCUT2D eigenvalue weighted by atomic mass is 16.1. The fourth-order valence-corrected chi connectivity index (χ4v) is 1.93. The van der Waals surface area contributed by atoms with Crippen molar-refractivity contribution in [3.8, 4) is 0 Å². The highest BCUT2D eigenvalue weighted by molar-refractivity contribution is 5.27. The average Bonchev–Trinajstić information content (AvgIpc) is 2.00. The van der Waals surface area contributed by atoms with Crippen LogP contribution in [0.5, 0.6) is 0 Å². The van der Waals surface area contributed by atoms with E-state index in [4.69, 9.17) is 5.73 Å². The van der Waals surface area contributed by atoms with E-state index in [1.54, 1.807) is 0 Å². The van der Waals surface area contributed by atoms with Crippen LogP contribution in [0.3, 0.4) is 0 Å². The monoisotopic (exact) mass is 192 g/mol. The summed E-state index contributed by atoms with van der Waals surface area (Å²) in [5.74, 6) is 0.577. The summed E-state index contributed by atoms with van der Waals surface area (Å²) >= 11 is 0. The summed E-state index contributed by atoms with van der Waals surface area (Å²) in [4.78, 5) is 14.5. The van der Waals surface area contributed by atoms with Gasteiger partial charge >= 0.3 is 0 Å². The maximum absolute atomic E-state index is 11.6. The first-order valence-corrected chi connectivity index (χ1v) is 5.15. The van der Waals surface area contributed by atoms with Gasteiger partial charge in [-0.3, -0.25) is 4.79 Å². The molecule has 1 heterocycles. The molecule has 1 saturated carbocycles. The number of aryl methyl sites for hydroxylation is 1. The summed E-state index contributed by atoms with van der Waals surface area (Å²) in [6.45, 7) is 2.28. The molecule has 76 valence electrons. The third kappa shape index (κ3) is 1.48. The van der Waals surface area contributed by atoms with E-state index in [1.807, 2.05) is 6.92 Å². The molecule has 1 aliphatic rings. The smallest absolute Gasteiger partial charge is 0.252 e. The predicted molar refractivity (Wildman–Crippen MR) is 56.3 cm³/mol. The van der Waals surface area contributed by atoms with Gasteiger partial charge in [0.05, 0.1) is 0 Å². The fourth-order valence-electron chi connectivity index (χ4n) is 1.93. The van der Waals surface area contributed by atoms with Crippen LogP contribution in [0.1, 0.15) is 42.0 Å². The quantitative estimate of drug-likeness (QED) is 0.744. The van der Waals surface area contributed by atoms with Crippen molar-refractivity contribution < 1.29 is 0 Å². The lowest BCUT2D eigenvalue weighted by Gasteiger charge is -2.25. The van der Waals surface area contributed by atoms with E-state index < -0.39 is 0 Å². The van der Waals surface area contributed by atoms with Gasteiger partial charge in [0.2, 0.25) is 0 Å². The zero-order valence-electron chi connectivity index (χ0n) is 8.47. The van der Waals surface area contributed by atoms with Crippen molar-refractivity contribution in [2.24, 2.45) is 5.73 Å². The summed E-state index contributed by atoms with van der Waals surface area (Å²) < 4.78 is 0. The molecule has 0 aromatic carbocycles. The van der Waals surface area contributed by atoms with Crippen LogP contribution in [-0.2, 0) is 6.54 Å². The van der Waals surface area contributed by atoms with Crippen molar-refractivity contribution in [1.29, 1.82) is 0 Å². The molecule has 0 amide bonds. The first kappa shape index (κ1) is 9.46. The van der Waals surface area contributed by atoms with Crippen LogP contribution in [0.25, 0.3) is 0 Å². The molecule has 3 heteroatoms. The molecular weight excluding hydrogens is 176 g/mol. The van der Waals surface area contributed by atoms with E-state index in [2.05, 4.69) is 11.1 Å². The highest BCUT2D eigenvalue weighted by Gasteiger charge is 2.21. The number of hydrogen-bond donors (Lipinski definition) is 2. The van der Waals surface area contributed by atoms with Crippen molar-refractivity contribution in [2.75, 3.05) is 0 Å². The number of pyridine rings is 1. The molecule has 0 aliphatic heterocycles. The normalized spacial score (nSPS) is 16.7. The molecular formula is C11H16N2O. The van der Waals surface area contributed by atoms with E-state index in [0.717, 1.165) is 11.3 Å². The molecule has 0 unspecified atom stereocenters. The van der Waals surface area contributed by atoms with Crippen LogP contribution in [0, 0.1) is 6.92 Å². The summed E-state index contributed by atoms with van der Waals surface area (Å²) in [6, 6.07) is 2.08. The second-order valence-electron chi connectivity index (χ2n) is 4.05. The SMILES string of the molecule is Cc1cc(C2CCC2)[nH]c(=O)c1CN. The van der Waals surface area contributed by atoms with Crippen LogP contribution in [0.2, 0.25) is 0 Å². The van der Waals surface area contributed by atoms with Gasteiger partial charge in [0, 0.05) is 17.8 Å². The Morgan fingerprint density at radius 2 is 2.29 bits per heavy atom. The van der Waals surface area contributed by atoms with Crippen LogP contribution in [0.15, 0.2) is 10.9 Å². The Morgan fingerprint density at radius 1 is 1.57 bits per heavy atom. The molecule has 2 rings (SSSR count). The molecule has 1 aromatic heterocycles. The van der Waals surface area contributed by atoms with Crippen LogP contribution >= 0.6 is 0 Å². The summed E-state index contributed by atoms with van der Waals surface area (Å²) in [5.41, 5.74) is 8.33. The third-order valence-corrected chi connectivity index (χ3v) is 3.13. The first-order chi connectivity index (χ1) is 6.72. The van der Waals surface area contributed by atoms with Gasteiger partial charge in [-0.2, -0.15) is 0 Å². The van der Waals surface area contributed by atoms with Crippen LogP contribution in [0.4, 0.5) is 0 Å². The van der Waals surface area contributed by atoms with Crippen molar-refractivity contribution in [3.63, 3.8) is 0 Å². The van der Waals surface area contributed by atoms with Gasteiger partial charge in [0.1, 0.15) is 0 Å². The second-order valence-corrected chi connectivity index (χ2v) is 4.05. The van der Waals surface area contributed by atoms with Crippen molar-refractivity contribution >= 4 is 0 Å². The number of aromatic amines is 1. The predicted octanol–water partition coefficient (Wildman–Crippen LogP) is 1.41. The van der Waals surface area contributed by atoms with Gasteiger partial charge in [0.25, 0.3) is 5.56 Å². The number of aromatic nitrogens is 1. The molecule has 1 aliphatic carbocycles. The largest absolute Gasteiger partial charge is 0.326 e. The van der Waals surface area contributed by atoms with Gasteiger partial charge in [-0.05, 0) is 37.3 Å². The number of nitrogens with one attached hydrogen (secondary N) is 1. The third-order valence-electron chi connectivity index (χ3n) is 3.13. The van der Waals surface area contributed by atoms with Gasteiger partial charge in [-0.15, -0.1) is 0 Å². The molecule has 0 spiro atoms. The van der Waals surface area contributed by atoms with E-state index in [9.17, 15) is 4.79 Å². The second kappa shape index (κ2) is 3.58. The minimum Gasteiger partial charge on any atom is -0.326 e. The molecule has 1 aromatic rings. The zero-order valence-corrected chi connectivity index (χ0v) is 8.47. The van der Waals surface area contributed by atoms with Crippen molar-refractivity contribution in [1.82, 2.24) is 4.98 Å². The molecule has 1 fully saturated rings. The molecule has 3 N–H and O–H groups in total. The number of hydrogen-bond acceptors (Lipinski definition) is 2. The minimum absolute atomic E-state index is 0.00519. The lowest BCUT2D eigenvalue weighted by atomic mass is 9.82. The minimum atomic E-state index is -0.00519. The summed E-state index contributed by atoms with van der Waals surface area (Å²) in [6.07, 6.45) is 3.69. The van der Waals surface area contributed by atoms with E-state index in [0.29, 0.717) is 18.0 Å². The van der Waals surface area contributed by atoms with Crippen LogP contribution in [-0.4, -0.2) is 4.98 Å². The van der Waals surface area contributed by atoms with E-state index in [-0.39, 0.29) is 5.56 Å². The highest BCUT2D eigenvalue weighted by Crippen LogP contribution is 2.35. The van der Waals surface area contributed by atoms with Crippen molar-refractivity contribution in [3.05, 3.63) is 33.2 Å². The molecule has 0 atom stereocenters. The Hall–Kier alpha value is -1.09. The summed E-state index contributed by atoms with van der Waals surface area (Å²) in [5, 5.41) is 0. The Bertz CT molecular complexity index is 391. The summed E-state index contributed by atoms with van der Waals surface area (Å²) in [7, 11) is 0. The average molecular weight is 192 g/mol. The number of rotatable bonds is 2. The van der Waals surface area contributed by atoms with Gasteiger partial charge in [0.15, 0.2) is 0 Å². The Balaban J connectivity index is 2.40. The Labute approximate surface area is 83.3 Å². The standard InChI is InChI=1S/C11H16N2O/c1-7-5-10(8-3-2-4-8)13-11(14)9(7)6-12/h5,8H,2-4,6,12H2,1H3,(H,13,14). The number of H-pyrrole nitrogens is 1. The van der Waals surface area contributed by atoms with Gasteiger partial charge in [-0.25, -0.2) is 0 Å². The fraction of sp³-hybridized carbons (Fsp3) is 0.545. The van der Waals surface area contributed by atoms with Crippen molar-refractivity contribution in [2.45, 2.75) is 38.6 Å². The Morgan fingerprint density at radius 3 is 2.71 bits per heavy atom. The van der Waals surface area contributed by atoms with Gasteiger partial charge in [-0.1, -0.05) is 6.42 Å². The topological polar surface area (TPSA) is 58.9 Å². The first-order valence-electron chi connectivity index (χ1n) is 5.15. The maximum Gasteiger partial charge on any atom is 0.252 e. The lowest BCUT2D eigenvalue weighted by molar-refractivity contribution is 0.410. The lowest BCUT2D eigenvalue weighted by Crippen LogP contribution is -2.22. The number of nitrogens with two attached hydrogens (primary N) is 1. The molecule has 14 heavy (non-hydrogen) atoms. The van der Waals surface area contributed by atoms with E-state index >= 15 is 0 Å². The van der Waals surface area contributed by atoms with Gasteiger partial charge < -0.3 is 10.7 Å². The molecule has 0 saturated heterocycles. The molecule has 0 bridgehead atoms.